The Kier molecular flexibility index (Phi) is 5.46. The van der Waals surface area contributed by atoms with Gasteiger partial charge in [-0.3, -0.25) is 4.68 Å². The molecule has 0 fully saturated rings. The first-order valence-electron chi connectivity index (χ1n) is 6.21. The minimum atomic E-state index is 0.567. The van der Waals surface area contributed by atoms with E-state index in [4.69, 9.17) is 0 Å². The minimum absolute atomic E-state index is 0.567. The highest BCUT2D eigenvalue weighted by molar-refractivity contribution is 4.87. The zero-order valence-electron chi connectivity index (χ0n) is 10.9. The first-order chi connectivity index (χ1) is 7.67. The van der Waals surface area contributed by atoms with Crippen LogP contribution in [0.4, 0.5) is 0 Å². The maximum Gasteiger partial charge on any atom is 0.138 e. The molecule has 4 nitrogen and oxygen atoms in total. The fourth-order valence-corrected chi connectivity index (χ4v) is 1.96. The van der Waals surface area contributed by atoms with Crippen LogP contribution >= 0.6 is 0 Å². The van der Waals surface area contributed by atoms with Gasteiger partial charge in [0, 0.05) is 19.0 Å². The highest BCUT2D eigenvalue weighted by Crippen LogP contribution is 2.12. The molecule has 0 aromatic carbocycles. The van der Waals surface area contributed by atoms with Gasteiger partial charge in [-0.05, 0) is 32.7 Å². The summed E-state index contributed by atoms with van der Waals surface area (Å²) in [6.07, 6.45) is 4.97. The maximum atomic E-state index is 4.34. The first-order valence-corrected chi connectivity index (χ1v) is 6.21. The van der Waals surface area contributed by atoms with Crippen molar-refractivity contribution in [2.24, 2.45) is 5.92 Å². The molecule has 1 aromatic rings. The minimum Gasteiger partial charge on any atom is -0.317 e. The van der Waals surface area contributed by atoms with Gasteiger partial charge in [0.2, 0.25) is 0 Å². The maximum absolute atomic E-state index is 4.34. The summed E-state index contributed by atoms with van der Waals surface area (Å²) in [7, 11) is 2.01. The van der Waals surface area contributed by atoms with Gasteiger partial charge >= 0.3 is 0 Å². The molecule has 0 aliphatic rings. The summed E-state index contributed by atoms with van der Waals surface area (Å²) in [4.78, 5) is 4.34. The Balaban J connectivity index is 2.48. The zero-order chi connectivity index (χ0) is 12.0. The molecule has 1 heterocycles. The third-order valence-electron chi connectivity index (χ3n) is 2.91. The molecule has 92 valence electrons. The highest BCUT2D eigenvalue weighted by atomic mass is 15.3. The molecule has 0 saturated heterocycles. The van der Waals surface area contributed by atoms with E-state index in [0.717, 1.165) is 25.2 Å². The third kappa shape index (κ3) is 3.93. The van der Waals surface area contributed by atoms with Crippen molar-refractivity contribution in [2.45, 2.75) is 52.6 Å². The molecule has 1 aromatic heterocycles. The van der Waals surface area contributed by atoms with Gasteiger partial charge in [-0.25, -0.2) is 4.98 Å². The molecule has 0 bridgehead atoms. The van der Waals surface area contributed by atoms with Crippen molar-refractivity contribution in [3.63, 3.8) is 0 Å². The van der Waals surface area contributed by atoms with Crippen LogP contribution in [0.25, 0.3) is 0 Å². The Morgan fingerprint density at radius 2 is 2.19 bits per heavy atom. The molecule has 0 aliphatic heterocycles. The Morgan fingerprint density at radius 1 is 1.44 bits per heavy atom. The number of nitrogens with one attached hydrogen (secondary N) is 1. The fraction of sp³-hybridized carbons (Fsp3) is 0.833. The van der Waals surface area contributed by atoms with Gasteiger partial charge in [0.1, 0.15) is 12.2 Å². The summed E-state index contributed by atoms with van der Waals surface area (Å²) in [5, 5.41) is 7.52. The molecule has 2 unspecified atom stereocenters. The number of hydrogen-bond donors (Lipinski definition) is 1. The van der Waals surface area contributed by atoms with E-state index in [-0.39, 0.29) is 0 Å². The third-order valence-corrected chi connectivity index (χ3v) is 2.91. The molecular weight excluding hydrogens is 200 g/mol. The normalized spacial score (nSPS) is 15.0. The lowest BCUT2D eigenvalue weighted by atomic mass is 9.99. The largest absolute Gasteiger partial charge is 0.317 e. The van der Waals surface area contributed by atoms with Crippen molar-refractivity contribution in [3.05, 3.63) is 12.2 Å². The van der Waals surface area contributed by atoms with E-state index in [1.54, 1.807) is 6.33 Å². The first kappa shape index (κ1) is 13.2. The summed E-state index contributed by atoms with van der Waals surface area (Å²) in [6.45, 7) is 7.63. The van der Waals surface area contributed by atoms with Crippen LogP contribution in [-0.4, -0.2) is 27.9 Å². The van der Waals surface area contributed by atoms with E-state index in [9.17, 15) is 0 Å². The van der Waals surface area contributed by atoms with Gasteiger partial charge < -0.3 is 5.32 Å². The SMILES string of the molecule is CCCn1ncnc1CC(C)CC(C)NC. The second-order valence-corrected chi connectivity index (χ2v) is 4.63. The lowest BCUT2D eigenvalue weighted by molar-refractivity contribution is 0.422. The van der Waals surface area contributed by atoms with Gasteiger partial charge in [0.25, 0.3) is 0 Å². The van der Waals surface area contributed by atoms with Crippen molar-refractivity contribution in [3.8, 4) is 0 Å². The fourth-order valence-electron chi connectivity index (χ4n) is 1.96. The van der Waals surface area contributed by atoms with Crippen LogP contribution in [0.3, 0.4) is 0 Å². The Hall–Kier alpha value is -0.900. The number of hydrogen-bond acceptors (Lipinski definition) is 3. The van der Waals surface area contributed by atoms with Gasteiger partial charge in [0.05, 0.1) is 0 Å². The zero-order valence-corrected chi connectivity index (χ0v) is 10.9. The molecule has 0 aliphatic carbocycles. The lowest BCUT2D eigenvalue weighted by Crippen LogP contribution is -2.24. The predicted molar refractivity (Wildman–Crippen MR) is 66.3 cm³/mol. The second kappa shape index (κ2) is 6.63. The number of rotatable bonds is 7. The van der Waals surface area contributed by atoms with E-state index in [1.165, 1.54) is 6.42 Å². The van der Waals surface area contributed by atoms with Crippen LogP contribution in [-0.2, 0) is 13.0 Å². The van der Waals surface area contributed by atoms with Crippen LogP contribution in [0.5, 0.6) is 0 Å². The number of aryl methyl sites for hydroxylation is 1. The molecular formula is C12H24N4. The van der Waals surface area contributed by atoms with Crippen LogP contribution in [0.15, 0.2) is 6.33 Å². The van der Waals surface area contributed by atoms with Crippen molar-refractivity contribution < 1.29 is 0 Å². The molecule has 0 spiro atoms. The van der Waals surface area contributed by atoms with Crippen molar-refractivity contribution >= 4 is 0 Å². The number of nitrogens with zero attached hydrogens (tertiary/aromatic N) is 3. The Morgan fingerprint density at radius 3 is 2.81 bits per heavy atom. The topological polar surface area (TPSA) is 42.7 Å². The van der Waals surface area contributed by atoms with Crippen LogP contribution < -0.4 is 5.32 Å². The molecule has 2 atom stereocenters. The van der Waals surface area contributed by atoms with Crippen LogP contribution in [0, 0.1) is 5.92 Å². The van der Waals surface area contributed by atoms with Crippen molar-refractivity contribution in [2.75, 3.05) is 7.05 Å². The van der Waals surface area contributed by atoms with E-state index < -0.39 is 0 Å². The van der Waals surface area contributed by atoms with Crippen molar-refractivity contribution in [1.29, 1.82) is 0 Å². The molecule has 4 heteroatoms. The highest BCUT2D eigenvalue weighted by Gasteiger charge is 2.11. The molecule has 0 amide bonds. The van der Waals surface area contributed by atoms with E-state index >= 15 is 0 Å². The average Bonchev–Trinajstić information content (AvgIpc) is 2.66. The summed E-state index contributed by atoms with van der Waals surface area (Å²) in [5.41, 5.74) is 0. The van der Waals surface area contributed by atoms with E-state index in [1.807, 2.05) is 11.7 Å². The monoisotopic (exact) mass is 224 g/mol. The summed E-state index contributed by atoms with van der Waals surface area (Å²) in [5.74, 6) is 1.76. The molecule has 1 rings (SSSR count). The molecule has 16 heavy (non-hydrogen) atoms. The Labute approximate surface area is 98.5 Å². The van der Waals surface area contributed by atoms with Gasteiger partial charge in [0.15, 0.2) is 0 Å². The van der Waals surface area contributed by atoms with Gasteiger partial charge in [-0.15, -0.1) is 0 Å². The molecule has 0 radical (unpaired) electrons. The van der Waals surface area contributed by atoms with E-state index in [2.05, 4.69) is 36.2 Å². The lowest BCUT2D eigenvalue weighted by Gasteiger charge is -2.16. The molecule has 0 saturated carbocycles. The second-order valence-electron chi connectivity index (χ2n) is 4.63. The van der Waals surface area contributed by atoms with Gasteiger partial charge in [-0.1, -0.05) is 13.8 Å². The molecule has 1 N–H and O–H groups in total. The van der Waals surface area contributed by atoms with Crippen LogP contribution in [0.1, 0.15) is 39.4 Å². The van der Waals surface area contributed by atoms with Gasteiger partial charge in [-0.2, -0.15) is 5.10 Å². The van der Waals surface area contributed by atoms with E-state index in [0.29, 0.717) is 12.0 Å². The van der Waals surface area contributed by atoms with Crippen LogP contribution in [0.2, 0.25) is 0 Å². The number of aromatic nitrogens is 3. The quantitative estimate of drug-likeness (QED) is 0.769. The summed E-state index contributed by atoms with van der Waals surface area (Å²) in [6, 6.07) is 0.567. The van der Waals surface area contributed by atoms with Crippen molar-refractivity contribution in [1.82, 2.24) is 20.1 Å². The summed E-state index contributed by atoms with van der Waals surface area (Å²) < 4.78 is 2.03. The predicted octanol–water partition coefficient (Wildman–Crippen LogP) is 1.86. The standard InChI is InChI=1S/C12H24N4/c1-5-6-16-12(14-9-15-16)8-10(2)7-11(3)13-4/h9-11,13H,5-8H2,1-4H3. The average molecular weight is 224 g/mol. The Bertz CT molecular complexity index is 295. The summed E-state index contributed by atoms with van der Waals surface area (Å²) >= 11 is 0. The smallest absolute Gasteiger partial charge is 0.138 e.